The van der Waals surface area contributed by atoms with Crippen molar-refractivity contribution in [3.8, 4) is 0 Å². The first-order valence-corrected chi connectivity index (χ1v) is 10.1. The highest BCUT2D eigenvalue weighted by Gasteiger charge is 2.13. The van der Waals surface area contributed by atoms with E-state index in [-0.39, 0.29) is 5.63 Å². The van der Waals surface area contributed by atoms with Gasteiger partial charge < -0.3 is 13.4 Å². The molecule has 0 spiro atoms. The Bertz CT molecular complexity index is 1160. The van der Waals surface area contributed by atoms with Gasteiger partial charge in [-0.25, -0.2) is 4.79 Å². The van der Waals surface area contributed by atoms with Gasteiger partial charge in [0, 0.05) is 17.2 Å². The minimum atomic E-state index is -0.336. The third-order valence-electron chi connectivity index (χ3n) is 4.68. The van der Waals surface area contributed by atoms with Gasteiger partial charge >= 0.3 is 5.63 Å². The lowest BCUT2D eigenvalue weighted by molar-refractivity contribution is 0.484. The number of rotatable bonds is 6. The smallest absolute Gasteiger partial charge is 0.336 e. The Hall–Kier alpha value is -2.80. The minimum absolute atomic E-state index is 0.336. The highest BCUT2D eigenvalue weighted by atomic mass is 32.2. The summed E-state index contributed by atoms with van der Waals surface area (Å²) in [4.78, 5) is 12.1. The monoisotopic (exact) mass is 395 g/mol. The van der Waals surface area contributed by atoms with E-state index in [4.69, 9.17) is 8.83 Å². The molecule has 0 bridgehead atoms. The normalized spacial score (nSPS) is 11.6. The van der Waals surface area contributed by atoms with E-state index in [1.54, 1.807) is 18.7 Å². The number of aromatic nitrogens is 3. The van der Waals surface area contributed by atoms with E-state index < -0.39 is 0 Å². The van der Waals surface area contributed by atoms with Crippen LogP contribution < -0.4 is 5.63 Å². The van der Waals surface area contributed by atoms with Crippen molar-refractivity contribution in [2.24, 2.45) is 0 Å². The van der Waals surface area contributed by atoms with E-state index in [0.717, 1.165) is 27.4 Å². The number of nitrogens with zero attached hydrogens (tertiary/aromatic N) is 3. The average Bonchev–Trinajstić information content (AvgIpc) is 3.31. The SMILES string of the molecule is Cc1cc2oc(=O)cc(CSc3nncn3Cc3ccco3)c2cc1C(C)C. The Balaban J connectivity index is 1.64. The molecule has 0 aliphatic carbocycles. The molecule has 0 saturated heterocycles. The number of thioether (sulfide) groups is 1. The molecule has 6 nitrogen and oxygen atoms in total. The van der Waals surface area contributed by atoms with Crippen molar-refractivity contribution in [1.82, 2.24) is 14.8 Å². The molecule has 0 unspecified atom stereocenters. The summed E-state index contributed by atoms with van der Waals surface area (Å²) in [5, 5.41) is 9.96. The molecule has 3 aromatic heterocycles. The first-order valence-electron chi connectivity index (χ1n) is 9.11. The largest absolute Gasteiger partial charge is 0.467 e. The average molecular weight is 395 g/mol. The van der Waals surface area contributed by atoms with Crippen LogP contribution >= 0.6 is 11.8 Å². The Labute approximate surface area is 166 Å². The standard InChI is InChI=1S/C21H21N3O3S/c1-13(2)17-9-18-15(8-20(25)27-19(18)7-14(17)3)11-28-21-23-22-12-24(21)10-16-5-4-6-26-16/h4-9,12-13H,10-11H2,1-3H3. The Morgan fingerprint density at radius 1 is 1.25 bits per heavy atom. The first-order chi connectivity index (χ1) is 13.5. The summed E-state index contributed by atoms with van der Waals surface area (Å²) < 4.78 is 12.8. The fourth-order valence-corrected chi connectivity index (χ4v) is 4.22. The molecule has 4 rings (SSSR count). The second-order valence-corrected chi connectivity index (χ2v) is 8.00. The molecule has 0 fully saturated rings. The van der Waals surface area contributed by atoms with E-state index in [1.807, 2.05) is 29.7 Å². The molecule has 1 aromatic carbocycles. The van der Waals surface area contributed by atoms with Gasteiger partial charge in [0.25, 0.3) is 0 Å². The molecular weight excluding hydrogens is 374 g/mol. The molecule has 0 radical (unpaired) electrons. The summed E-state index contributed by atoms with van der Waals surface area (Å²) in [5.41, 5.74) is 3.62. The number of hydrogen-bond acceptors (Lipinski definition) is 6. The van der Waals surface area contributed by atoms with Crippen molar-refractivity contribution in [3.05, 3.63) is 75.8 Å². The van der Waals surface area contributed by atoms with Crippen LogP contribution in [0.3, 0.4) is 0 Å². The summed E-state index contributed by atoms with van der Waals surface area (Å²) in [5.74, 6) is 1.83. The van der Waals surface area contributed by atoms with Gasteiger partial charge in [0.05, 0.1) is 12.8 Å². The quantitative estimate of drug-likeness (QED) is 0.346. The summed E-state index contributed by atoms with van der Waals surface area (Å²) in [7, 11) is 0. The van der Waals surface area contributed by atoms with Crippen LogP contribution in [0.1, 0.15) is 42.2 Å². The lowest BCUT2D eigenvalue weighted by Crippen LogP contribution is -2.03. The molecule has 4 aromatic rings. The second kappa shape index (κ2) is 7.67. The van der Waals surface area contributed by atoms with Gasteiger partial charge in [-0.15, -0.1) is 10.2 Å². The van der Waals surface area contributed by atoms with Crippen molar-refractivity contribution in [3.63, 3.8) is 0 Å². The first kappa shape index (κ1) is 18.6. The van der Waals surface area contributed by atoms with Crippen LogP contribution in [-0.4, -0.2) is 14.8 Å². The zero-order valence-corrected chi connectivity index (χ0v) is 16.8. The fraction of sp³-hybridized carbons (Fsp3) is 0.286. The number of aryl methyl sites for hydroxylation is 1. The van der Waals surface area contributed by atoms with Crippen molar-refractivity contribution in [2.75, 3.05) is 0 Å². The van der Waals surface area contributed by atoms with E-state index in [2.05, 4.69) is 30.1 Å². The van der Waals surface area contributed by atoms with E-state index in [0.29, 0.717) is 23.8 Å². The second-order valence-electron chi connectivity index (χ2n) is 7.06. The van der Waals surface area contributed by atoms with Gasteiger partial charge in [0.15, 0.2) is 5.16 Å². The van der Waals surface area contributed by atoms with Gasteiger partial charge in [0.1, 0.15) is 17.7 Å². The third-order valence-corrected chi connectivity index (χ3v) is 5.71. The molecule has 0 saturated carbocycles. The molecular formula is C21H21N3O3S. The van der Waals surface area contributed by atoms with Crippen LogP contribution in [0.5, 0.6) is 0 Å². The Kier molecular flexibility index (Phi) is 5.09. The molecule has 0 amide bonds. The van der Waals surface area contributed by atoms with Gasteiger partial charge in [-0.05, 0) is 53.8 Å². The fourth-order valence-electron chi connectivity index (χ4n) is 3.31. The van der Waals surface area contributed by atoms with Gasteiger partial charge in [0.2, 0.25) is 0 Å². The maximum atomic E-state index is 12.1. The van der Waals surface area contributed by atoms with Crippen molar-refractivity contribution in [2.45, 2.75) is 44.1 Å². The lowest BCUT2D eigenvalue weighted by atomic mass is 9.95. The number of benzene rings is 1. The zero-order chi connectivity index (χ0) is 19.7. The van der Waals surface area contributed by atoms with Gasteiger partial charge in [-0.3, -0.25) is 0 Å². The van der Waals surface area contributed by atoms with Crippen molar-refractivity contribution < 1.29 is 8.83 Å². The van der Waals surface area contributed by atoms with E-state index in [9.17, 15) is 4.79 Å². The van der Waals surface area contributed by atoms with Gasteiger partial charge in [-0.2, -0.15) is 0 Å². The summed E-state index contributed by atoms with van der Waals surface area (Å²) in [6, 6.07) is 9.44. The van der Waals surface area contributed by atoms with Crippen molar-refractivity contribution >= 4 is 22.7 Å². The molecule has 3 heterocycles. The van der Waals surface area contributed by atoms with Gasteiger partial charge in [-0.1, -0.05) is 25.6 Å². The molecule has 0 aliphatic heterocycles. The minimum Gasteiger partial charge on any atom is -0.467 e. The molecule has 144 valence electrons. The zero-order valence-electron chi connectivity index (χ0n) is 16.0. The predicted octanol–water partition coefficient (Wildman–Crippen LogP) is 4.75. The topological polar surface area (TPSA) is 74.1 Å². The maximum absolute atomic E-state index is 12.1. The summed E-state index contributed by atoms with van der Waals surface area (Å²) >= 11 is 1.54. The van der Waals surface area contributed by atoms with Crippen LogP contribution in [0.4, 0.5) is 0 Å². The predicted molar refractivity (Wildman–Crippen MR) is 109 cm³/mol. The number of hydrogen-bond donors (Lipinski definition) is 0. The third kappa shape index (κ3) is 3.75. The van der Waals surface area contributed by atoms with Crippen LogP contribution in [0, 0.1) is 6.92 Å². The Morgan fingerprint density at radius 2 is 2.11 bits per heavy atom. The highest BCUT2D eigenvalue weighted by Crippen LogP contribution is 2.30. The molecule has 0 atom stereocenters. The Morgan fingerprint density at radius 3 is 2.86 bits per heavy atom. The van der Waals surface area contributed by atoms with Crippen LogP contribution in [-0.2, 0) is 12.3 Å². The van der Waals surface area contributed by atoms with Crippen LogP contribution in [0.15, 0.2) is 61.7 Å². The van der Waals surface area contributed by atoms with E-state index >= 15 is 0 Å². The molecule has 28 heavy (non-hydrogen) atoms. The maximum Gasteiger partial charge on any atom is 0.336 e. The van der Waals surface area contributed by atoms with Crippen LogP contribution in [0.2, 0.25) is 0 Å². The lowest BCUT2D eigenvalue weighted by Gasteiger charge is -2.13. The molecule has 0 aliphatic rings. The van der Waals surface area contributed by atoms with E-state index in [1.165, 1.54) is 17.3 Å². The molecule has 7 heteroatoms. The van der Waals surface area contributed by atoms with Crippen molar-refractivity contribution in [1.29, 1.82) is 0 Å². The summed E-state index contributed by atoms with van der Waals surface area (Å²) in [6.45, 7) is 6.95. The summed E-state index contributed by atoms with van der Waals surface area (Å²) in [6.07, 6.45) is 3.33. The highest BCUT2D eigenvalue weighted by molar-refractivity contribution is 7.98. The number of fused-ring (bicyclic) bond motifs is 1. The molecule has 0 N–H and O–H groups in total. The van der Waals surface area contributed by atoms with Crippen LogP contribution in [0.25, 0.3) is 11.0 Å². The number of furan rings is 1.